The molecule has 2 heterocycles. The first-order valence-corrected chi connectivity index (χ1v) is 5.39. The van der Waals surface area contributed by atoms with Gasteiger partial charge < -0.3 is 8.98 Å². The van der Waals surface area contributed by atoms with E-state index >= 15 is 0 Å². The summed E-state index contributed by atoms with van der Waals surface area (Å²) in [6, 6.07) is 10.7. The van der Waals surface area contributed by atoms with E-state index in [1.54, 1.807) is 12.5 Å². The molecule has 3 rings (SSSR count). The minimum absolute atomic E-state index is 0.864. The molecular formula is C14H13NO. The highest BCUT2D eigenvalue weighted by atomic mass is 16.3. The van der Waals surface area contributed by atoms with Crippen LogP contribution in [0.3, 0.4) is 0 Å². The van der Waals surface area contributed by atoms with Crippen molar-refractivity contribution in [1.29, 1.82) is 0 Å². The summed E-state index contributed by atoms with van der Waals surface area (Å²) in [6.45, 7) is 2.98. The molecule has 0 fully saturated rings. The summed E-state index contributed by atoms with van der Waals surface area (Å²) in [5.74, 6) is 0. The molecule has 0 spiro atoms. The number of benzene rings is 1. The fourth-order valence-corrected chi connectivity index (χ4v) is 2.04. The Hall–Kier alpha value is -1.96. The molecule has 0 amide bonds. The lowest BCUT2D eigenvalue weighted by Gasteiger charge is -2.03. The number of aromatic nitrogens is 1. The lowest BCUT2D eigenvalue weighted by Crippen LogP contribution is -1.95. The van der Waals surface area contributed by atoms with Gasteiger partial charge >= 0.3 is 0 Å². The van der Waals surface area contributed by atoms with Gasteiger partial charge in [-0.25, -0.2) is 0 Å². The molecule has 0 bridgehead atoms. The zero-order valence-electron chi connectivity index (χ0n) is 9.18. The van der Waals surface area contributed by atoms with Gasteiger partial charge in [0.1, 0.15) is 0 Å². The fourth-order valence-electron chi connectivity index (χ4n) is 2.04. The number of hydrogen-bond donors (Lipinski definition) is 0. The van der Waals surface area contributed by atoms with Gasteiger partial charge in [0, 0.05) is 17.3 Å². The molecule has 0 N–H and O–H groups in total. The standard InChI is InChI=1S/C14H13NO/c1-11-2-3-14-13(8-11)4-6-15(14)9-12-5-7-16-10-12/h2-8,10H,9H2,1H3. The minimum Gasteiger partial charge on any atom is -0.472 e. The number of fused-ring (bicyclic) bond motifs is 1. The van der Waals surface area contributed by atoms with Crippen LogP contribution in [0.2, 0.25) is 0 Å². The molecule has 1 aromatic carbocycles. The summed E-state index contributed by atoms with van der Waals surface area (Å²) >= 11 is 0. The van der Waals surface area contributed by atoms with E-state index < -0.39 is 0 Å². The second-order valence-corrected chi connectivity index (χ2v) is 4.14. The third-order valence-electron chi connectivity index (χ3n) is 2.86. The molecule has 0 aliphatic heterocycles. The van der Waals surface area contributed by atoms with Gasteiger partial charge in [-0.05, 0) is 36.6 Å². The molecular weight excluding hydrogens is 198 g/mol. The largest absolute Gasteiger partial charge is 0.472 e. The Morgan fingerprint density at radius 2 is 2.12 bits per heavy atom. The van der Waals surface area contributed by atoms with Crippen LogP contribution in [0.1, 0.15) is 11.1 Å². The first-order chi connectivity index (χ1) is 7.83. The zero-order valence-corrected chi connectivity index (χ0v) is 9.18. The van der Waals surface area contributed by atoms with Gasteiger partial charge in [-0.3, -0.25) is 0 Å². The maximum Gasteiger partial charge on any atom is 0.0952 e. The molecule has 0 saturated heterocycles. The molecule has 80 valence electrons. The molecule has 0 aliphatic rings. The monoisotopic (exact) mass is 211 g/mol. The fraction of sp³-hybridized carbons (Fsp3) is 0.143. The van der Waals surface area contributed by atoms with E-state index in [2.05, 4.69) is 42.0 Å². The van der Waals surface area contributed by atoms with Gasteiger partial charge in [0.2, 0.25) is 0 Å². The summed E-state index contributed by atoms with van der Waals surface area (Å²) in [5, 5.41) is 1.29. The van der Waals surface area contributed by atoms with Gasteiger partial charge in [0.15, 0.2) is 0 Å². The van der Waals surface area contributed by atoms with Crippen molar-refractivity contribution in [2.75, 3.05) is 0 Å². The Bertz CT molecular complexity index is 605. The van der Waals surface area contributed by atoms with Crippen LogP contribution in [0, 0.1) is 6.92 Å². The van der Waals surface area contributed by atoms with Crippen molar-refractivity contribution in [3.05, 3.63) is 60.2 Å². The van der Waals surface area contributed by atoms with Crippen LogP contribution in [0.15, 0.2) is 53.5 Å². The molecule has 0 aliphatic carbocycles. The van der Waals surface area contributed by atoms with Crippen molar-refractivity contribution >= 4 is 10.9 Å². The van der Waals surface area contributed by atoms with Gasteiger partial charge in [-0.1, -0.05) is 11.6 Å². The Morgan fingerprint density at radius 3 is 2.94 bits per heavy atom. The second-order valence-electron chi connectivity index (χ2n) is 4.14. The highest BCUT2D eigenvalue weighted by Gasteiger charge is 2.02. The van der Waals surface area contributed by atoms with E-state index in [9.17, 15) is 0 Å². The average molecular weight is 211 g/mol. The lowest BCUT2D eigenvalue weighted by molar-refractivity contribution is 0.562. The van der Waals surface area contributed by atoms with Crippen molar-refractivity contribution in [3.8, 4) is 0 Å². The average Bonchev–Trinajstić information content (AvgIpc) is 2.89. The molecule has 3 aromatic rings. The van der Waals surface area contributed by atoms with Gasteiger partial charge in [0.05, 0.1) is 19.1 Å². The first kappa shape index (κ1) is 9.28. The molecule has 16 heavy (non-hydrogen) atoms. The van der Waals surface area contributed by atoms with Crippen molar-refractivity contribution in [2.45, 2.75) is 13.5 Å². The van der Waals surface area contributed by atoms with Crippen LogP contribution in [0.4, 0.5) is 0 Å². The molecule has 2 heteroatoms. The Balaban J connectivity index is 2.04. The number of nitrogens with zero attached hydrogens (tertiary/aromatic N) is 1. The van der Waals surface area contributed by atoms with Crippen molar-refractivity contribution in [2.24, 2.45) is 0 Å². The van der Waals surface area contributed by atoms with Crippen LogP contribution in [0.25, 0.3) is 10.9 Å². The predicted octanol–water partition coefficient (Wildman–Crippen LogP) is 3.59. The number of hydrogen-bond acceptors (Lipinski definition) is 1. The van der Waals surface area contributed by atoms with Crippen molar-refractivity contribution in [1.82, 2.24) is 4.57 Å². The van der Waals surface area contributed by atoms with E-state index in [-0.39, 0.29) is 0 Å². The van der Waals surface area contributed by atoms with E-state index in [1.807, 2.05) is 6.07 Å². The second kappa shape index (κ2) is 3.56. The quantitative estimate of drug-likeness (QED) is 0.633. The molecule has 2 aromatic heterocycles. The van der Waals surface area contributed by atoms with Crippen molar-refractivity contribution in [3.63, 3.8) is 0 Å². The summed E-state index contributed by atoms with van der Waals surface area (Å²) in [6.07, 6.45) is 5.63. The number of aryl methyl sites for hydroxylation is 1. The third kappa shape index (κ3) is 1.52. The minimum atomic E-state index is 0.864. The van der Waals surface area contributed by atoms with Crippen LogP contribution >= 0.6 is 0 Å². The highest BCUT2D eigenvalue weighted by Crippen LogP contribution is 2.18. The summed E-state index contributed by atoms with van der Waals surface area (Å²) in [4.78, 5) is 0. The molecule has 0 atom stereocenters. The molecule has 0 saturated carbocycles. The maximum absolute atomic E-state index is 5.08. The number of rotatable bonds is 2. The molecule has 2 nitrogen and oxygen atoms in total. The normalized spacial score (nSPS) is 11.1. The SMILES string of the molecule is Cc1ccc2c(ccn2Cc2ccoc2)c1. The summed E-state index contributed by atoms with van der Waals surface area (Å²) in [7, 11) is 0. The summed E-state index contributed by atoms with van der Waals surface area (Å²) in [5.41, 5.74) is 3.76. The van der Waals surface area contributed by atoms with Crippen molar-refractivity contribution < 1.29 is 4.42 Å². The maximum atomic E-state index is 5.08. The van der Waals surface area contributed by atoms with Gasteiger partial charge in [-0.15, -0.1) is 0 Å². The van der Waals surface area contributed by atoms with Gasteiger partial charge in [0.25, 0.3) is 0 Å². The predicted molar refractivity (Wildman–Crippen MR) is 64.5 cm³/mol. The van der Waals surface area contributed by atoms with E-state index in [4.69, 9.17) is 4.42 Å². The lowest BCUT2D eigenvalue weighted by atomic mass is 10.2. The topological polar surface area (TPSA) is 18.1 Å². The highest BCUT2D eigenvalue weighted by molar-refractivity contribution is 5.80. The number of furan rings is 1. The van der Waals surface area contributed by atoms with Crippen LogP contribution in [-0.2, 0) is 6.54 Å². The Kier molecular flexibility index (Phi) is 2.07. The Morgan fingerprint density at radius 1 is 1.19 bits per heavy atom. The first-order valence-electron chi connectivity index (χ1n) is 5.39. The zero-order chi connectivity index (χ0) is 11.0. The van der Waals surface area contributed by atoms with Crippen LogP contribution in [-0.4, -0.2) is 4.57 Å². The van der Waals surface area contributed by atoms with Gasteiger partial charge in [-0.2, -0.15) is 0 Å². The summed E-state index contributed by atoms with van der Waals surface area (Å²) < 4.78 is 7.32. The smallest absolute Gasteiger partial charge is 0.0952 e. The van der Waals surface area contributed by atoms with E-state index in [0.29, 0.717) is 0 Å². The van der Waals surface area contributed by atoms with Crippen LogP contribution in [0.5, 0.6) is 0 Å². The Labute approximate surface area is 94.1 Å². The van der Waals surface area contributed by atoms with Crippen LogP contribution < -0.4 is 0 Å². The molecule has 0 unspecified atom stereocenters. The molecule has 0 radical (unpaired) electrons. The third-order valence-corrected chi connectivity index (χ3v) is 2.86. The van der Waals surface area contributed by atoms with E-state index in [0.717, 1.165) is 6.54 Å². The van der Waals surface area contributed by atoms with E-state index in [1.165, 1.54) is 22.0 Å².